The van der Waals surface area contributed by atoms with E-state index in [1.165, 1.54) is 37.4 Å². The Morgan fingerprint density at radius 3 is 2.07 bits per heavy atom. The van der Waals surface area contributed by atoms with E-state index in [4.69, 9.17) is 28.1 Å². The molecule has 0 aliphatic carbocycles. The van der Waals surface area contributed by atoms with Gasteiger partial charge in [-0.05, 0) is 24.3 Å². The monoisotopic (exact) mass is 608 g/mol. The fraction of sp³-hybridized carbons (Fsp3) is 0.464. The van der Waals surface area contributed by atoms with Crippen molar-refractivity contribution in [3.63, 3.8) is 0 Å². The summed E-state index contributed by atoms with van der Waals surface area (Å²) < 4.78 is 33.5. The number of hydrogen-bond donors (Lipinski definition) is 8. The Hall–Kier alpha value is -3.35. The molecule has 1 aromatic heterocycles. The summed E-state index contributed by atoms with van der Waals surface area (Å²) in [4.78, 5) is 13.2. The van der Waals surface area contributed by atoms with Crippen LogP contribution in [-0.2, 0) is 14.2 Å². The van der Waals surface area contributed by atoms with E-state index >= 15 is 0 Å². The van der Waals surface area contributed by atoms with Crippen LogP contribution in [0, 0.1) is 0 Å². The largest absolute Gasteiger partial charge is 0.508 e. The molecule has 2 saturated heterocycles. The molecular weight excluding hydrogens is 576 g/mol. The number of aliphatic hydroxyl groups excluding tert-OH is 7. The molecule has 3 heterocycles. The number of benzene rings is 2. The van der Waals surface area contributed by atoms with Crippen LogP contribution in [0.2, 0.25) is 0 Å². The highest BCUT2D eigenvalue weighted by atomic mass is 16.7. The van der Waals surface area contributed by atoms with Gasteiger partial charge in [-0.15, -0.1) is 0 Å². The minimum atomic E-state index is -1.81. The minimum Gasteiger partial charge on any atom is -0.508 e. The number of hydrogen-bond acceptors (Lipinski definition) is 15. The van der Waals surface area contributed by atoms with Crippen molar-refractivity contribution in [2.45, 2.75) is 61.4 Å². The van der Waals surface area contributed by atoms with Gasteiger partial charge in [0.15, 0.2) is 11.7 Å². The van der Waals surface area contributed by atoms with Crippen LogP contribution < -0.4 is 14.9 Å². The van der Waals surface area contributed by atoms with E-state index in [1.807, 2.05) is 0 Å². The molecule has 15 nitrogen and oxygen atoms in total. The van der Waals surface area contributed by atoms with Crippen molar-refractivity contribution >= 4 is 11.0 Å². The molecule has 8 N–H and O–H groups in total. The van der Waals surface area contributed by atoms with Crippen molar-refractivity contribution in [1.82, 2.24) is 0 Å². The second-order valence-corrected chi connectivity index (χ2v) is 10.2. The van der Waals surface area contributed by atoms with Crippen molar-refractivity contribution in [2.24, 2.45) is 0 Å². The summed E-state index contributed by atoms with van der Waals surface area (Å²) in [6.45, 7) is -1.25. The lowest BCUT2D eigenvalue weighted by atomic mass is 9.98. The molecule has 0 saturated carbocycles. The number of aromatic hydroxyl groups is 1. The Labute approximate surface area is 243 Å². The van der Waals surface area contributed by atoms with E-state index in [9.17, 15) is 45.6 Å². The van der Waals surface area contributed by atoms with Crippen molar-refractivity contribution in [1.29, 1.82) is 0 Å². The first-order valence-electron chi connectivity index (χ1n) is 13.3. The van der Waals surface area contributed by atoms with Crippen molar-refractivity contribution < 1.29 is 69.0 Å². The zero-order valence-electron chi connectivity index (χ0n) is 22.7. The molecule has 2 fully saturated rings. The fourth-order valence-corrected chi connectivity index (χ4v) is 4.88. The first kappa shape index (κ1) is 31.1. The Morgan fingerprint density at radius 1 is 0.791 bits per heavy atom. The summed E-state index contributed by atoms with van der Waals surface area (Å²) in [5, 5.41) is 80.8. The van der Waals surface area contributed by atoms with E-state index < -0.39 is 80.1 Å². The van der Waals surface area contributed by atoms with Gasteiger partial charge < -0.3 is 69.0 Å². The molecule has 43 heavy (non-hydrogen) atoms. The second kappa shape index (κ2) is 12.7. The lowest BCUT2D eigenvalue weighted by molar-refractivity contribution is -0.323. The molecular formula is C28H32O15. The molecule has 2 aliphatic heterocycles. The third-order valence-corrected chi connectivity index (χ3v) is 7.34. The molecule has 0 bridgehead atoms. The zero-order chi connectivity index (χ0) is 31.0. The van der Waals surface area contributed by atoms with Gasteiger partial charge in [-0.2, -0.15) is 0 Å². The third-order valence-electron chi connectivity index (χ3n) is 7.34. The molecule has 0 unspecified atom stereocenters. The number of rotatable bonds is 8. The topological polar surface area (TPSA) is 238 Å². The number of phenols is 1. The van der Waals surface area contributed by atoms with Crippen molar-refractivity contribution in [2.75, 3.05) is 20.3 Å². The van der Waals surface area contributed by atoms with E-state index in [2.05, 4.69) is 0 Å². The van der Waals surface area contributed by atoms with Gasteiger partial charge in [0.2, 0.25) is 6.29 Å². The number of ether oxygens (including phenoxy) is 5. The summed E-state index contributed by atoms with van der Waals surface area (Å²) in [7, 11) is 1.37. The summed E-state index contributed by atoms with van der Waals surface area (Å²) in [5.74, 6) is 0.289. The van der Waals surface area contributed by atoms with E-state index in [0.717, 1.165) is 0 Å². The standard InChI is InChI=1S/C28H32O15/c1-38-13-6-16-20(14(31)8-15(40-16)11-2-4-12(30)5-3-11)17(7-13)41-28-26(37)24(35)22(33)19(43-28)10-39-27-25(36)23(34)21(32)18(9-29)42-27/h2-8,18-19,21-30,32-37H,9-10H2,1H3/t18-,19-,21-,22-,23+,24+,25-,26-,27+,28+/m1/s1. The maximum Gasteiger partial charge on any atom is 0.229 e. The molecule has 10 atom stereocenters. The highest BCUT2D eigenvalue weighted by Crippen LogP contribution is 2.35. The van der Waals surface area contributed by atoms with Crippen LogP contribution in [0.15, 0.2) is 51.7 Å². The van der Waals surface area contributed by atoms with E-state index in [1.54, 1.807) is 12.1 Å². The first-order valence-corrected chi connectivity index (χ1v) is 13.3. The van der Waals surface area contributed by atoms with Gasteiger partial charge in [0.25, 0.3) is 0 Å². The van der Waals surface area contributed by atoms with E-state index in [-0.39, 0.29) is 34.0 Å². The molecule has 0 amide bonds. The highest BCUT2D eigenvalue weighted by molar-refractivity contribution is 5.86. The summed E-state index contributed by atoms with van der Waals surface area (Å²) in [6.07, 6.45) is -16.2. The lowest BCUT2D eigenvalue weighted by Gasteiger charge is -2.42. The quantitative estimate of drug-likeness (QED) is 0.140. The van der Waals surface area contributed by atoms with Crippen LogP contribution in [0.25, 0.3) is 22.3 Å². The predicted octanol–water partition coefficient (Wildman–Crippen LogP) is -1.82. The normalized spacial score (nSPS) is 32.9. The molecule has 2 aliphatic rings. The summed E-state index contributed by atoms with van der Waals surface area (Å²) in [5.41, 5.74) is 0.0288. The minimum absolute atomic E-state index is 0.0273. The Balaban J connectivity index is 1.39. The van der Waals surface area contributed by atoms with Crippen molar-refractivity contribution in [3.05, 3.63) is 52.7 Å². The average molecular weight is 609 g/mol. The number of methoxy groups -OCH3 is 1. The van der Waals surface area contributed by atoms with Gasteiger partial charge in [0, 0.05) is 23.8 Å². The van der Waals surface area contributed by atoms with Gasteiger partial charge in [-0.1, -0.05) is 0 Å². The molecule has 3 aromatic rings. The molecule has 2 aromatic carbocycles. The number of aliphatic hydroxyl groups is 7. The highest BCUT2D eigenvalue weighted by Gasteiger charge is 2.48. The fourth-order valence-electron chi connectivity index (χ4n) is 4.88. The zero-order valence-corrected chi connectivity index (χ0v) is 22.7. The maximum absolute atomic E-state index is 13.2. The lowest BCUT2D eigenvalue weighted by Crippen LogP contribution is -2.62. The van der Waals surface area contributed by atoms with Crippen molar-refractivity contribution in [3.8, 4) is 28.6 Å². The average Bonchev–Trinajstić information content (AvgIpc) is 3.00. The van der Waals surface area contributed by atoms with Crippen LogP contribution in [0.1, 0.15) is 0 Å². The van der Waals surface area contributed by atoms with Crippen LogP contribution in [-0.4, -0.2) is 123 Å². The molecule has 234 valence electrons. The van der Waals surface area contributed by atoms with Crippen LogP contribution in [0.3, 0.4) is 0 Å². The van der Waals surface area contributed by atoms with Crippen LogP contribution in [0.4, 0.5) is 0 Å². The Kier molecular flexibility index (Phi) is 9.19. The molecule has 5 rings (SSSR count). The predicted molar refractivity (Wildman–Crippen MR) is 143 cm³/mol. The second-order valence-electron chi connectivity index (χ2n) is 10.2. The van der Waals surface area contributed by atoms with Gasteiger partial charge in [0.05, 0.1) is 20.3 Å². The molecule has 0 spiro atoms. The molecule has 0 radical (unpaired) electrons. The van der Waals surface area contributed by atoms with Gasteiger partial charge in [-0.3, -0.25) is 4.79 Å². The number of fused-ring (bicyclic) bond motifs is 1. The van der Waals surface area contributed by atoms with Crippen LogP contribution in [0.5, 0.6) is 17.2 Å². The van der Waals surface area contributed by atoms with E-state index in [0.29, 0.717) is 5.56 Å². The SMILES string of the molecule is COc1cc(O[C@H]2O[C@H](CO[C@H]3O[C@H](CO)[C@@H](O)[C@H](O)[C@H]3O)[C@@H](O)[C@H](O)[C@H]2O)c2c(=O)cc(-c3ccc(O)cc3)oc2c1. The van der Waals surface area contributed by atoms with Crippen LogP contribution >= 0.6 is 0 Å². The Morgan fingerprint density at radius 2 is 1.42 bits per heavy atom. The maximum atomic E-state index is 13.2. The molecule has 15 heteroatoms. The summed E-state index contributed by atoms with van der Waals surface area (Å²) >= 11 is 0. The smallest absolute Gasteiger partial charge is 0.229 e. The summed E-state index contributed by atoms with van der Waals surface area (Å²) in [6, 6.07) is 9.97. The van der Waals surface area contributed by atoms with Gasteiger partial charge in [-0.25, -0.2) is 0 Å². The first-order chi connectivity index (χ1) is 20.5. The Bertz CT molecular complexity index is 1460. The number of phenolic OH excluding ortho intramolecular Hbond substituents is 1. The van der Waals surface area contributed by atoms with Gasteiger partial charge in [0.1, 0.15) is 82.8 Å². The third kappa shape index (κ3) is 6.18. The van der Waals surface area contributed by atoms with Gasteiger partial charge >= 0.3 is 0 Å².